The van der Waals surface area contributed by atoms with Crippen LogP contribution in [0.5, 0.6) is 0 Å². The molecule has 1 amide bonds. The Morgan fingerprint density at radius 1 is 0.907 bits per heavy atom. The maximum Gasteiger partial charge on any atom is 0.303 e. The Balaban J connectivity index is 1.21. The minimum Gasteiger partial charge on any atom is -0.481 e. The third-order valence-electron chi connectivity index (χ3n) is 8.50. The van der Waals surface area contributed by atoms with Gasteiger partial charge in [-0.05, 0) is 36.1 Å². The summed E-state index contributed by atoms with van der Waals surface area (Å²) in [6.07, 6.45) is 5.05. The third kappa shape index (κ3) is 9.07. The van der Waals surface area contributed by atoms with E-state index in [1.165, 1.54) is 0 Å². The lowest BCUT2D eigenvalue weighted by Crippen LogP contribution is -2.48. The Bertz CT molecular complexity index is 1190. The zero-order valence-corrected chi connectivity index (χ0v) is 24.7. The van der Waals surface area contributed by atoms with E-state index in [0.717, 1.165) is 62.0 Å². The SMILES string of the molecule is O=C(O)CCCCCCC(=O)Nc1cccc([C@H]2O[C@@H](CN3CCC4(CC3)OCCO4)C[C@@H](c3ccc(CO)cc3)O2)c1. The Kier molecular flexibility index (Phi) is 11.2. The number of likely N-dealkylation sites (tertiary alicyclic amines) is 1. The summed E-state index contributed by atoms with van der Waals surface area (Å²) < 4.78 is 24.9. The van der Waals surface area contributed by atoms with Crippen molar-refractivity contribution in [1.29, 1.82) is 0 Å². The van der Waals surface area contributed by atoms with Crippen molar-refractivity contribution in [1.82, 2.24) is 4.90 Å². The number of amides is 1. The van der Waals surface area contributed by atoms with Crippen LogP contribution in [0.1, 0.15) is 86.9 Å². The number of carbonyl (C=O) groups excluding carboxylic acids is 1. The fourth-order valence-corrected chi connectivity index (χ4v) is 6.08. The van der Waals surface area contributed by atoms with Crippen LogP contribution in [-0.4, -0.2) is 71.7 Å². The van der Waals surface area contributed by atoms with Gasteiger partial charge in [-0.15, -0.1) is 0 Å². The first-order chi connectivity index (χ1) is 20.9. The number of aliphatic hydroxyl groups excluding tert-OH is 1. The van der Waals surface area contributed by atoms with E-state index in [9.17, 15) is 14.7 Å². The van der Waals surface area contributed by atoms with Crippen molar-refractivity contribution < 1.29 is 38.7 Å². The normalized spacial score (nSPS) is 23.8. The molecule has 3 atom stereocenters. The molecule has 0 aromatic heterocycles. The molecule has 43 heavy (non-hydrogen) atoms. The average molecular weight is 597 g/mol. The molecule has 1 spiro atoms. The first-order valence-corrected chi connectivity index (χ1v) is 15.5. The lowest BCUT2D eigenvalue weighted by Gasteiger charge is -2.41. The van der Waals surface area contributed by atoms with Crippen LogP contribution in [0, 0.1) is 0 Å². The number of nitrogens with one attached hydrogen (secondary N) is 1. The lowest BCUT2D eigenvalue weighted by molar-refractivity contribution is -0.255. The van der Waals surface area contributed by atoms with Crippen LogP contribution in [-0.2, 0) is 35.1 Å². The molecule has 0 aliphatic carbocycles. The molecule has 10 heteroatoms. The molecular weight excluding hydrogens is 552 g/mol. The smallest absolute Gasteiger partial charge is 0.303 e. The number of aliphatic hydroxyl groups is 1. The van der Waals surface area contributed by atoms with Crippen LogP contribution in [0.2, 0.25) is 0 Å². The molecule has 3 aliphatic heterocycles. The highest BCUT2D eigenvalue weighted by Gasteiger charge is 2.41. The molecule has 2 aromatic rings. The summed E-state index contributed by atoms with van der Waals surface area (Å²) >= 11 is 0. The van der Waals surface area contributed by atoms with Crippen molar-refractivity contribution >= 4 is 17.6 Å². The number of unbranched alkanes of at least 4 members (excludes halogenated alkanes) is 3. The van der Waals surface area contributed by atoms with Gasteiger partial charge in [-0.25, -0.2) is 0 Å². The highest BCUT2D eigenvalue weighted by atomic mass is 16.7. The van der Waals surface area contributed by atoms with Crippen LogP contribution in [0.4, 0.5) is 5.69 Å². The number of ether oxygens (including phenoxy) is 4. The number of hydrogen-bond donors (Lipinski definition) is 3. The van der Waals surface area contributed by atoms with Crippen LogP contribution < -0.4 is 5.32 Å². The highest BCUT2D eigenvalue weighted by molar-refractivity contribution is 5.90. The van der Waals surface area contributed by atoms with Crippen LogP contribution in [0.15, 0.2) is 48.5 Å². The molecule has 3 saturated heterocycles. The number of benzene rings is 2. The number of carboxylic acid groups (broad SMARTS) is 1. The molecule has 2 aromatic carbocycles. The zero-order valence-electron chi connectivity index (χ0n) is 24.7. The zero-order chi connectivity index (χ0) is 30.1. The summed E-state index contributed by atoms with van der Waals surface area (Å²) in [6, 6.07) is 15.5. The van der Waals surface area contributed by atoms with E-state index in [0.29, 0.717) is 44.6 Å². The van der Waals surface area contributed by atoms with Gasteiger partial charge in [-0.3, -0.25) is 9.59 Å². The second-order valence-electron chi connectivity index (χ2n) is 11.7. The van der Waals surface area contributed by atoms with Gasteiger partial charge in [0, 0.05) is 63.0 Å². The van der Waals surface area contributed by atoms with Gasteiger partial charge in [0.2, 0.25) is 5.91 Å². The van der Waals surface area contributed by atoms with Crippen molar-refractivity contribution in [2.24, 2.45) is 0 Å². The average Bonchev–Trinajstić information content (AvgIpc) is 3.48. The van der Waals surface area contributed by atoms with Gasteiger partial charge in [-0.1, -0.05) is 49.2 Å². The molecule has 0 saturated carbocycles. The maximum atomic E-state index is 12.6. The van der Waals surface area contributed by atoms with E-state index in [2.05, 4.69) is 10.2 Å². The molecular formula is C33H44N2O8. The number of hydrogen-bond acceptors (Lipinski definition) is 8. The van der Waals surface area contributed by atoms with E-state index < -0.39 is 18.0 Å². The number of piperidine rings is 1. The van der Waals surface area contributed by atoms with Crippen molar-refractivity contribution in [3.05, 3.63) is 65.2 Å². The van der Waals surface area contributed by atoms with Gasteiger partial charge < -0.3 is 39.4 Å². The van der Waals surface area contributed by atoms with Crippen LogP contribution >= 0.6 is 0 Å². The standard InChI is InChI=1S/C33H44N2O8/c36-23-24-10-12-25(13-11-24)29-21-28(22-35-16-14-33(15-17-35)40-18-19-41-33)42-32(43-29)26-6-5-7-27(20-26)34-30(37)8-3-1-2-4-9-31(38)39/h5-7,10-13,20,28-29,32,36H,1-4,8-9,14-19,21-23H2,(H,34,37)(H,38,39)/t28-,29+,32+/m1/s1. The predicted molar refractivity (Wildman–Crippen MR) is 159 cm³/mol. The van der Waals surface area contributed by atoms with Gasteiger partial charge in [0.25, 0.3) is 0 Å². The van der Waals surface area contributed by atoms with E-state index >= 15 is 0 Å². The Morgan fingerprint density at radius 2 is 1.63 bits per heavy atom. The molecule has 0 radical (unpaired) electrons. The summed E-state index contributed by atoms with van der Waals surface area (Å²) in [5, 5.41) is 21.2. The summed E-state index contributed by atoms with van der Waals surface area (Å²) in [5.41, 5.74) is 3.41. The summed E-state index contributed by atoms with van der Waals surface area (Å²) in [5.74, 6) is -1.27. The van der Waals surface area contributed by atoms with Crippen LogP contribution in [0.25, 0.3) is 0 Å². The van der Waals surface area contributed by atoms with Gasteiger partial charge in [0.05, 0.1) is 32.0 Å². The second kappa shape index (κ2) is 15.2. The topological polar surface area (TPSA) is 127 Å². The number of anilines is 1. The van der Waals surface area contributed by atoms with Gasteiger partial charge >= 0.3 is 5.97 Å². The molecule has 5 rings (SSSR count). The van der Waals surface area contributed by atoms with Crippen molar-refractivity contribution in [3.63, 3.8) is 0 Å². The van der Waals surface area contributed by atoms with Crippen LogP contribution in [0.3, 0.4) is 0 Å². The van der Waals surface area contributed by atoms with Crippen molar-refractivity contribution in [2.75, 3.05) is 38.2 Å². The Morgan fingerprint density at radius 3 is 2.33 bits per heavy atom. The Labute approximate surface area is 253 Å². The number of carboxylic acids is 1. The van der Waals surface area contributed by atoms with E-state index in [-0.39, 0.29) is 31.1 Å². The van der Waals surface area contributed by atoms with E-state index in [1.54, 1.807) is 0 Å². The quantitative estimate of drug-likeness (QED) is 0.276. The van der Waals surface area contributed by atoms with Crippen molar-refractivity contribution in [3.8, 4) is 0 Å². The molecule has 3 fully saturated rings. The van der Waals surface area contributed by atoms with Gasteiger partial charge in [0.1, 0.15) is 0 Å². The monoisotopic (exact) mass is 596 g/mol. The number of nitrogens with zero attached hydrogens (tertiary/aromatic N) is 1. The Hall–Kier alpha value is -2.86. The fourth-order valence-electron chi connectivity index (χ4n) is 6.08. The molecule has 234 valence electrons. The molecule has 0 bridgehead atoms. The third-order valence-corrected chi connectivity index (χ3v) is 8.50. The lowest BCUT2D eigenvalue weighted by atomic mass is 9.98. The minimum absolute atomic E-state index is 0.00667. The summed E-state index contributed by atoms with van der Waals surface area (Å²) in [4.78, 5) is 25.6. The summed E-state index contributed by atoms with van der Waals surface area (Å²) in [7, 11) is 0. The molecule has 3 N–H and O–H groups in total. The molecule has 0 unspecified atom stereocenters. The van der Waals surface area contributed by atoms with Gasteiger partial charge in [0.15, 0.2) is 12.1 Å². The largest absolute Gasteiger partial charge is 0.481 e. The maximum absolute atomic E-state index is 12.6. The molecule has 3 aliphatic rings. The first kappa shape index (κ1) is 31.6. The summed E-state index contributed by atoms with van der Waals surface area (Å²) in [6.45, 7) is 3.84. The number of rotatable bonds is 13. The molecule has 10 nitrogen and oxygen atoms in total. The van der Waals surface area contributed by atoms with Gasteiger partial charge in [-0.2, -0.15) is 0 Å². The number of aliphatic carboxylic acids is 1. The first-order valence-electron chi connectivity index (χ1n) is 15.5. The second-order valence-corrected chi connectivity index (χ2v) is 11.7. The van der Waals surface area contributed by atoms with E-state index in [4.69, 9.17) is 24.1 Å². The minimum atomic E-state index is -0.783. The van der Waals surface area contributed by atoms with E-state index in [1.807, 2.05) is 48.5 Å². The predicted octanol–water partition coefficient (Wildman–Crippen LogP) is 4.93. The van der Waals surface area contributed by atoms with Crippen molar-refractivity contribution in [2.45, 2.75) is 88.7 Å². The highest BCUT2D eigenvalue weighted by Crippen LogP contribution is 2.39. The fraction of sp³-hybridized carbons (Fsp3) is 0.576. The molecule has 3 heterocycles. The number of carbonyl (C=O) groups is 2.